The van der Waals surface area contributed by atoms with Gasteiger partial charge >= 0.3 is 0 Å². The fraction of sp³-hybridized carbons (Fsp3) is 0.250. The first-order valence-corrected chi connectivity index (χ1v) is 2.42. The molecule has 0 atom stereocenters. The van der Waals surface area contributed by atoms with E-state index < -0.39 is 0 Å². The Bertz CT molecular complexity index is 174. The number of aromatic nitrogens is 1. The number of aliphatic hydroxyl groups excluding tert-OH is 1. The Morgan fingerprint density at radius 1 is 1.88 bits per heavy atom. The maximum Gasteiger partial charge on any atom is 0.142 e. The van der Waals surface area contributed by atoms with Gasteiger partial charge in [0.15, 0.2) is 0 Å². The van der Waals surface area contributed by atoms with Gasteiger partial charge in [0, 0.05) is 0 Å². The molecule has 0 radical (unpaired) electrons. The fourth-order valence-electron chi connectivity index (χ4n) is 0.352. The predicted octanol–water partition coefficient (Wildman–Crippen LogP) is 0.820. The average Bonchev–Trinajstić information content (AvgIpc) is 2.14. The Labute approximate surface area is 50.9 Å². The third-order valence-corrected chi connectivity index (χ3v) is 1.05. The van der Waals surface area contributed by atoms with Gasteiger partial charge in [0.1, 0.15) is 17.0 Å². The normalized spacial score (nSPS) is 9.75. The van der Waals surface area contributed by atoms with Crippen LogP contribution in [0.15, 0.2) is 10.8 Å². The van der Waals surface area contributed by atoms with E-state index in [4.69, 9.17) is 16.7 Å². The summed E-state index contributed by atoms with van der Waals surface area (Å²) in [6.07, 6.45) is 1.27. The van der Waals surface area contributed by atoms with E-state index in [1.807, 2.05) is 0 Å². The van der Waals surface area contributed by atoms with Gasteiger partial charge in [-0.15, -0.1) is 0 Å². The van der Waals surface area contributed by atoms with Crippen LogP contribution in [0.1, 0.15) is 5.69 Å². The lowest BCUT2D eigenvalue weighted by atomic mass is 10.5. The maximum atomic E-state index is 8.40. The number of hydrogen-bond acceptors (Lipinski definition) is 3. The van der Waals surface area contributed by atoms with Crippen LogP contribution in [0, 0.1) is 0 Å². The van der Waals surface area contributed by atoms with Gasteiger partial charge in [-0.05, 0) is 0 Å². The van der Waals surface area contributed by atoms with Crippen molar-refractivity contribution in [2.75, 3.05) is 0 Å². The molecule has 1 rings (SSSR count). The van der Waals surface area contributed by atoms with Crippen molar-refractivity contribution in [3.05, 3.63) is 17.0 Å². The molecule has 0 fully saturated rings. The third-order valence-electron chi connectivity index (χ3n) is 0.745. The summed E-state index contributed by atoms with van der Waals surface area (Å²) in [4.78, 5) is 0. The SMILES string of the molecule is OCc1nocc1Cl. The zero-order valence-corrected chi connectivity index (χ0v) is 4.72. The van der Waals surface area contributed by atoms with Crippen molar-refractivity contribution in [3.8, 4) is 0 Å². The molecule has 8 heavy (non-hydrogen) atoms. The van der Waals surface area contributed by atoms with Crippen molar-refractivity contribution in [2.45, 2.75) is 6.61 Å². The van der Waals surface area contributed by atoms with E-state index in [2.05, 4.69) is 9.68 Å². The van der Waals surface area contributed by atoms with E-state index >= 15 is 0 Å². The highest BCUT2D eigenvalue weighted by Crippen LogP contribution is 2.11. The molecule has 1 heterocycles. The molecule has 3 nitrogen and oxygen atoms in total. The second-order valence-corrected chi connectivity index (χ2v) is 1.67. The van der Waals surface area contributed by atoms with Crippen molar-refractivity contribution in [1.82, 2.24) is 5.16 Å². The van der Waals surface area contributed by atoms with Gasteiger partial charge in [-0.2, -0.15) is 0 Å². The van der Waals surface area contributed by atoms with Crippen LogP contribution >= 0.6 is 11.6 Å². The molecule has 0 aliphatic heterocycles. The molecule has 0 amide bonds. The molecule has 0 aliphatic rings. The van der Waals surface area contributed by atoms with Crippen LogP contribution in [-0.4, -0.2) is 10.3 Å². The Morgan fingerprint density at radius 2 is 2.62 bits per heavy atom. The quantitative estimate of drug-likeness (QED) is 0.617. The highest BCUT2D eigenvalue weighted by Gasteiger charge is 2.00. The van der Waals surface area contributed by atoms with Crippen LogP contribution in [0.4, 0.5) is 0 Å². The summed E-state index contributed by atoms with van der Waals surface area (Å²) in [5.74, 6) is 0. The zero-order chi connectivity index (χ0) is 5.98. The van der Waals surface area contributed by atoms with E-state index in [1.54, 1.807) is 0 Å². The molecule has 44 valence electrons. The van der Waals surface area contributed by atoms with Gasteiger partial charge in [-0.1, -0.05) is 16.8 Å². The maximum absolute atomic E-state index is 8.40. The van der Waals surface area contributed by atoms with Crippen LogP contribution in [0.3, 0.4) is 0 Å². The summed E-state index contributed by atoms with van der Waals surface area (Å²) in [7, 11) is 0. The summed E-state index contributed by atoms with van der Waals surface area (Å²) >= 11 is 5.42. The molecule has 1 N–H and O–H groups in total. The number of rotatable bonds is 1. The molecule has 0 spiro atoms. The molecule has 1 aromatic heterocycles. The monoisotopic (exact) mass is 133 g/mol. The third kappa shape index (κ3) is 0.827. The number of hydrogen-bond donors (Lipinski definition) is 1. The minimum atomic E-state index is -0.171. The molecule has 4 heteroatoms. The summed E-state index contributed by atoms with van der Waals surface area (Å²) in [5.41, 5.74) is 0.381. The molecule has 0 saturated carbocycles. The number of halogens is 1. The fourth-order valence-corrected chi connectivity index (χ4v) is 0.486. The standard InChI is InChI=1S/C4H4ClNO2/c5-3-2-8-6-4(3)1-7/h2,7H,1H2. The molecule has 0 bridgehead atoms. The van der Waals surface area contributed by atoms with E-state index in [0.29, 0.717) is 10.7 Å². The van der Waals surface area contributed by atoms with Crippen LogP contribution < -0.4 is 0 Å². The van der Waals surface area contributed by atoms with Crippen LogP contribution in [0.5, 0.6) is 0 Å². The lowest BCUT2D eigenvalue weighted by molar-refractivity contribution is 0.266. The zero-order valence-electron chi connectivity index (χ0n) is 3.97. The molecule has 0 aromatic carbocycles. The van der Waals surface area contributed by atoms with Gasteiger partial charge in [-0.25, -0.2) is 0 Å². The Morgan fingerprint density at radius 3 is 2.88 bits per heavy atom. The Hall–Kier alpha value is -0.540. The summed E-state index contributed by atoms with van der Waals surface area (Å²) < 4.78 is 4.39. The van der Waals surface area contributed by atoms with Crippen molar-refractivity contribution < 1.29 is 9.63 Å². The lowest BCUT2D eigenvalue weighted by Crippen LogP contribution is -1.80. The topological polar surface area (TPSA) is 46.3 Å². The Kier molecular flexibility index (Phi) is 1.50. The second kappa shape index (κ2) is 2.15. The summed E-state index contributed by atoms with van der Waals surface area (Å²) in [6.45, 7) is -0.171. The first kappa shape index (κ1) is 5.59. The lowest BCUT2D eigenvalue weighted by Gasteiger charge is -1.80. The van der Waals surface area contributed by atoms with Crippen molar-refractivity contribution in [2.24, 2.45) is 0 Å². The number of aliphatic hydroxyl groups is 1. The Balaban J connectivity index is 2.92. The van der Waals surface area contributed by atoms with E-state index in [1.165, 1.54) is 6.26 Å². The van der Waals surface area contributed by atoms with Gasteiger partial charge < -0.3 is 9.63 Å². The smallest absolute Gasteiger partial charge is 0.142 e. The van der Waals surface area contributed by atoms with Crippen LogP contribution in [-0.2, 0) is 6.61 Å². The van der Waals surface area contributed by atoms with Crippen molar-refractivity contribution in [1.29, 1.82) is 0 Å². The molecule has 0 aliphatic carbocycles. The minimum absolute atomic E-state index is 0.171. The van der Waals surface area contributed by atoms with Crippen molar-refractivity contribution in [3.63, 3.8) is 0 Å². The van der Waals surface area contributed by atoms with Crippen molar-refractivity contribution >= 4 is 11.6 Å². The van der Waals surface area contributed by atoms with Gasteiger partial charge in [0.05, 0.1) is 6.61 Å². The van der Waals surface area contributed by atoms with Gasteiger partial charge in [0.25, 0.3) is 0 Å². The van der Waals surface area contributed by atoms with E-state index in [9.17, 15) is 0 Å². The summed E-state index contributed by atoms with van der Waals surface area (Å²) in [6, 6.07) is 0. The van der Waals surface area contributed by atoms with E-state index in [-0.39, 0.29) is 6.61 Å². The highest BCUT2D eigenvalue weighted by molar-refractivity contribution is 6.31. The molecule has 0 unspecified atom stereocenters. The summed E-state index contributed by atoms with van der Waals surface area (Å²) in [5, 5.41) is 12.1. The predicted molar refractivity (Wildman–Crippen MR) is 27.4 cm³/mol. The molecular weight excluding hydrogens is 130 g/mol. The minimum Gasteiger partial charge on any atom is -0.390 e. The van der Waals surface area contributed by atoms with Crippen LogP contribution in [0.2, 0.25) is 5.02 Å². The molecule has 1 aromatic rings. The van der Waals surface area contributed by atoms with Crippen LogP contribution in [0.25, 0.3) is 0 Å². The first-order chi connectivity index (χ1) is 3.84. The molecule has 0 saturated heterocycles. The van der Waals surface area contributed by atoms with Gasteiger partial charge in [0.2, 0.25) is 0 Å². The first-order valence-electron chi connectivity index (χ1n) is 2.04. The highest BCUT2D eigenvalue weighted by atomic mass is 35.5. The van der Waals surface area contributed by atoms with E-state index in [0.717, 1.165) is 0 Å². The average molecular weight is 134 g/mol. The largest absolute Gasteiger partial charge is 0.390 e. The second-order valence-electron chi connectivity index (χ2n) is 1.27. The number of nitrogens with zero attached hydrogens (tertiary/aromatic N) is 1. The molecular formula is C4H4ClNO2. The van der Waals surface area contributed by atoms with Gasteiger partial charge in [-0.3, -0.25) is 0 Å².